The normalized spacial score (nSPS) is 15.4. The molecule has 1 atom stereocenters. The van der Waals surface area contributed by atoms with Crippen molar-refractivity contribution in [1.29, 1.82) is 0 Å². The van der Waals surface area contributed by atoms with Gasteiger partial charge in [0.1, 0.15) is 11.6 Å². The highest BCUT2D eigenvalue weighted by atomic mass is 19.1. The monoisotopic (exact) mass is 450 g/mol. The predicted octanol–water partition coefficient (Wildman–Crippen LogP) is 3.28. The van der Waals surface area contributed by atoms with E-state index in [1.807, 2.05) is 6.07 Å². The highest BCUT2D eigenvalue weighted by molar-refractivity contribution is 6.04. The van der Waals surface area contributed by atoms with Gasteiger partial charge in [0.25, 0.3) is 5.91 Å². The topological polar surface area (TPSA) is 91.4 Å². The molecule has 0 saturated carbocycles. The molecule has 1 aliphatic rings. The molecule has 3 amide bonds. The van der Waals surface area contributed by atoms with Gasteiger partial charge in [0, 0.05) is 36.5 Å². The molecule has 2 heterocycles. The number of nitrogens with zero attached hydrogens (tertiary/aromatic N) is 2. The van der Waals surface area contributed by atoms with Gasteiger partial charge in [0.05, 0.1) is 23.8 Å². The summed E-state index contributed by atoms with van der Waals surface area (Å²) in [6, 6.07) is 14.7. The molecule has 0 radical (unpaired) electrons. The summed E-state index contributed by atoms with van der Waals surface area (Å²) < 4.78 is 27.2. The third-order valence-electron chi connectivity index (χ3n) is 5.24. The third kappa shape index (κ3) is 5.20. The van der Waals surface area contributed by atoms with Crippen LogP contribution in [0.3, 0.4) is 0 Å². The summed E-state index contributed by atoms with van der Waals surface area (Å²) in [6.07, 6.45) is 1.53. The first-order valence-corrected chi connectivity index (χ1v) is 10.2. The molecule has 1 aliphatic heterocycles. The second-order valence-electron chi connectivity index (χ2n) is 7.57. The third-order valence-corrected chi connectivity index (χ3v) is 5.24. The lowest BCUT2D eigenvalue weighted by molar-refractivity contribution is -0.122. The predicted molar refractivity (Wildman–Crippen MR) is 117 cm³/mol. The number of carbonyl (C=O) groups excluding carboxylic acids is 3. The van der Waals surface area contributed by atoms with Crippen molar-refractivity contribution in [3.63, 3.8) is 0 Å². The van der Waals surface area contributed by atoms with Crippen molar-refractivity contribution in [2.24, 2.45) is 5.92 Å². The molecule has 7 nitrogen and oxygen atoms in total. The number of halogens is 2. The standard InChI is InChI=1S/C24H20F2N4O3/c25-17-7-8-21(20(26)12-17)30-14-16(11-22(30)31)24(33)29-18-6-3-4-15(10-18)23(32)28-13-19-5-1-2-9-27-19/h1-10,12,16H,11,13-14H2,(H,28,32)(H,29,33). The van der Waals surface area contributed by atoms with E-state index in [2.05, 4.69) is 15.6 Å². The zero-order valence-corrected chi connectivity index (χ0v) is 17.4. The molecular weight excluding hydrogens is 430 g/mol. The van der Waals surface area contributed by atoms with Crippen LogP contribution in [0.25, 0.3) is 0 Å². The molecule has 0 aliphatic carbocycles. The number of carbonyl (C=O) groups is 3. The minimum Gasteiger partial charge on any atom is -0.346 e. The quantitative estimate of drug-likeness (QED) is 0.603. The summed E-state index contributed by atoms with van der Waals surface area (Å²) in [5.74, 6) is -3.52. The molecule has 1 aromatic heterocycles. The van der Waals surface area contributed by atoms with Crippen molar-refractivity contribution in [2.45, 2.75) is 13.0 Å². The average Bonchev–Trinajstić information content (AvgIpc) is 3.20. The zero-order chi connectivity index (χ0) is 23.4. The number of hydrogen-bond acceptors (Lipinski definition) is 4. The minimum atomic E-state index is -0.867. The fourth-order valence-corrected chi connectivity index (χ4v) is 3.57. The number of pyridine rings is 1. The molecule has 1 fully saturated rings. The van der Waals surface area contributed by atoms with Crippen LogP contribution in [0.1, 0.15) is 22.5 Å². The van der Waals surface area contributed by atoms with Gasteiger partial charge in [-0.2, -0.15) is 0 Å². The van der Waals surface area contributed by atoms with Gasteiger partial charge in [-0.1, -0.05) is 12.1 Å². The summed E-state index contributed by atoms with van der Waals surface area (Å²) in [6.45, 7) is 0.230. The van der Waals surface area contributed by atoms with Crippen LogP contribution in [0, 0.1) is 17.6 Å². The van der Waals surface area contributed by atoms with Gasteiger partial charge in [0.15, 0.2) is 0 Å². The lowest BCUT2D eigenvalue weighted by Crippen LogP contribution is -2.29. The molecule has 2 N–H and O–H groups in total. The van der Waals surface area contributed by atoms with E-state index in [0.717, 1.165) is 11.0 Å². The summed E-state index contributed by atoms with van der Waals surface area (Å²) in [7, 11) is 0. The number of rotatable bonds is 6. The van der Waals surface area contributed by atoms with Crippen molar-refractivity contribution < 1.29 is 23.2 Å². The van der Waals surface area contributed by atoms with E-state index in [1.54, 1.807) is 36.5 Å². The number of nitrogens with one attached hydrogen (secondary N) is 2. The maximum Gasteiger partial charge on any atom is 0.251 e. The lowest BCUT2D eigenvalue weighted by Gasteiger charge is -2.17. The number of benzene rings is 2. The minimum absolute atomic E-state index is 0.0303. The molecule has 4 rings (SSSR count). The van der Waals surface area contributed by atoms with E-state index in [9.17, 15) is 23.2 Å². The van der Waals surface area contributed by atoms with Gasteiger partial charge < -0.3 is 15.5 Å². The average molecular weight is 450 g/mol. The molecule has 33 heavy (non-hydrogen) atoms. The number of anilines is 2. The Kier molecular flexibility index (Phi) is 6.39. The van der Waals surface area contributed by atoms with Crippen LogP contribution in [0.15, 0.2) is 66.9 Å². The summed E-state index contributed by atoms with van der Waals surface area (Å²) in [5, 5.41) is 5.47. The fraction of sp³-hybridized carbons (Fsp3) is 0.167. The molecular formula is C24H20F2N4O3. The van der Waals surface area contributed by atoms with Gasteiger partial charge in [-0.15, -0.1) is 0 Å². The van der Waals surface area contributed by atoms with Crippen LogP contribution >= 0.6 is 0 Å². The van der Waals surface area contributed by atoms with Gasteiger partial charge >= 0.3 is 0 Å². The molecule has 0 bridgehead atoms. The first-order chi connectivity index (χ1) is 15.9. The summed E-state index contributed by atoms with van der Waals surface area (Å²) in [5.41, 5.74) is 1.39. The van der Waals surface area contributed by atoms with E-state index < -0.39 is 29.4 Å². The van der Waals surface area contributed by atoms with Gasteiger partial charge in [-0.05, 0) is 42.5 Å². The Hall–Kier alpha value is -4.14. The Morgan fingerprint density at radius 2 is 1.91 bits per heavy atom. The molecule has 2 aromatic carbocycles. The maximum atomic E-state index is 14.1. The first-order valence-electron chi connectivity index (χ1n) is 10.2. The fourth-order valence-electron chi connectivity index (χ4n) is 3.57. The lowest BCUT2D eigenvalue weighted by atomic mass is 10.1. The Bertz CT molecular complexity index is 1200. The van der Waals surface area contributed by atoms with E-state index in [4.69, 9.17) is 0 Å². The Morgan fingerprint density at radius 1 is 1.06 bits per heavy atom. The van der Waals surface area contributed by atoms with Crippen LogP contribution in [0.2, 0.25) is 0 Å². The molecule has 3 aromatic rings. The zero-order valence-electron chi connectivity index (χ0n) is 17.4. The number of amides is 3. The van der Waals surface area contributed by atoms with Gasteiger partial charge in [-0.3, -0.25) is 19.4 Å². The highest BCUT2D eigenvalue weighted by Crippen LogP contribution is 2.28. The first kappa shape index (κ1) is 22.1. The van der Waals surface area contributed by atoms with Crippen molar-refractivity contribution >= 4 is 29.1 Å². The van der Waals surface area contributed by atoms with E-state index in [-0.39, 0.29) is 31.1 Å². The van der Waals surface area contributed by atoms with E-state index in [0.29, 0.717) is 23.0 Å². The largest absolute Gasteiger partial charge is 0.346 e. The van der Waals surface area contributed by atoms with Crippen LogP contribution in [-0.4, -0.2) is 29.3 Å². The second kappa shape index (κ2) is 9.56. The van der Waals surface area contributed by atoms with Crippen LogP contribution in [0.4, 0.5) is 20.2 Å². The molecule has 1 unspecified atom stereocenters. The summed E-state index contributed by atoms with van der Waals surface area (Å²) in [4.78, 5) is 42.8. The smallest absolute Gasteiger partial charge is 0.251 e. The summed E-state index contributed by atoms with van der Waals surface area (Å²) >= 11 is 0. The van der Waals surface area contributed by atoms with Crippen molar-refractivity contribution in [3.8, 4) is 0 Å². The molecule has 168 valence electrons. The maximum absolute atomic E-state index is 14.1. The van der Waals surface area contributed by atoms with E-state index >= 15 is 0 Å². The van der Waals surface area contributed by atoms with E-state index in [1.165, 1.54) is 12.1 Å². The van der Waals surface area contributed by atoms with Crippen molar-refractivity contribution in [2.75, 3.05) is 16.8 Å². The van der Waals surface area contributed by atoms with Crippen molar-refractivity contribution in [3.05, 3.63) is 89.8 Å². The molecule has 1 saturated heterocycles. The van der Waals surface area contributed by atoms with Crippen LogP contribution in [-0.2, 0) is 16.1 Å². The Balaban J connectivity index is 1.38. The number of aromatic nitrogens is 1. The van der Waals surface area contributed by atoms with Crippen LogP contribution < -0.4 is 15.5 Å². The number of hydrogen-bond donors (Lipinski definition) is 2. The second-order valence-corrected chi connectivity index (χ2v) is 7.57. The Labute approximate surface area is 188 Å². The van der Waals surface area contributed by atoms with Gasteiger partial charge in [0.2, 0.25) is 11.8 Å². The highest BCUT2D eigenvalue weighted by Gasteiger charge is 2.36. The molecule has 0 spiro atoms. The Morgan fingerprint density at radius 3 is 2.67 bits per heavy atom. The van der Waals surface area contributed by atoms with Gasteiger partial charge in [-0.25, -0.2) is 8.78 Å². The SMILES string of the molecule is O=C(NCc1ccccn1)c1cccc(NC(=O)C2CC(=O)N(c3ccc(F)cc3F)C2)c1. The molecule has 9 heteroatoms. The van der Waals surface area contributed by atoms with Crippen LogP contribution in [0.5, 0.6) is 0 Å². The van der Waals surface area contributed by atoms with Crippen molar-refractivity contribution in [1.82, 2.24) is 10.3 Å².